The second-order valence-electron chi connectivity index (χ2n) is 16.6. The van der Waals surface area contributed by atoms with E-state index in [0.717, 1.165) is 61.4 Å². The molecule has 2 aromatic carbocycles. The molecule has 0 spiro atoms. The number of phenolic OH excluding ortho intramolecular Hbond substituents is 2. The lowest BCUT2D eigenvalue weighted by molar-refractivity contribution is 0.165. The molecule has 0 atom stereocenters. The quantitative estimate of drug-likeness (QED) is 0.259. The molecule has 2 aromatic rings. The van der Waals surface area contributed by atoms with Gasteiger partial charge in [0.1, 0.15) is 11.5 Å². The fourth-order valence-electron chi connectivity index (χ4n) is 6.01. The van der Waals surface area contributed by atoms with E-state index >= 15 is 0 Å². The van der Waals surface area contributed by atoms with Gasteiger partial charge < -0.3 is 26.2 Å². The fourth-order valence-corrected chi connectivity index (χ4v) is 6.01. The van der Waals surface area contributed by atoms with E-state index in [-0.39, 0.29) is 21.7 Å². The van der Waals surface area contributed by atoms with Crippen molar-refractivity contribution in [2.24, 2.45) is 10.8 Å². The van der Waals surface area contributed by atoms with E-state index in [1.165, 1.54) is 11.1 Å². The zero-order valence-electron chi connectivity index (χ0n) is 29.2. The standard InChI is InChI=1S/C37H62N4O2/c1-12-13-41-21-29-17-31(35(5,6)7)16-28(33(29)43)20-39-23-36(8,9)22-38-18-26-14-30(34(2,3)4)15-27(32(26)42)19-40-24-37(10,11)25-41/h14-17,38-40,42-43H,12-13,18-25H2,1-11H3. The number of hydrogen-bond donors (Lipinski definition) is 5. The summed E-state index contributed by atoms with van der Waals surface area (Å²) < 4.78 is 0. The molecule has 0 saturated heterocycles. The number of nitrogens with one attached hydrogen (secondary N) is 3. The molecule has 6 nitrogen and oxygen atoms in total. The molecule has 4 bridgehead atoms. The molecule has 3 rings (SSSR count). The maximum absolute atomic E-state index is 11.5. The van der Waals surface area contributed by atoms with Gasteiger partial charge >= 0.3 is 0 Å². The van der Waals surface area contributed by atoms with Gasteiger partial charge in [0.15, 0.2) is 0 Å². The molecule has 0 saturated carbocycles. The Kier molecular flexibility index (Phi) is 11.4. The lowest BCUT2D eigenvalue weighted by Crippen LogP contribution is -2.40. The van der Waals surface area contributed by atoms with E-state index in [2.05, 4.69) is 121 Å². The van der Waals surface area contributed by atoms with Crippen LogP contribution in [-0.4, -0.2) is 47.8 Å². The van der Waals surface area contributed by atoms with Crippen LogP contribution in [0.4, 0.5) is 0 Å². The van der Waals surface area contributed by atoms with E-state index in [9.17, 15) is 10.2 Å². The van der Waals surface area contributed by atoms with Crippen LogP contribution in [-0.2, 0) is 37.0 Å². The maximum Gasteiger partial charge on any atom is 0.124 e. The number of phenols is 2. The summed E-state index contributed by atoms with van der Waals surface area (Å²) in [5.41, 5.74) is 6.33. The molecule has 0 aliphatic carbocycles. The first-order chi connectivity index (χ1) is 19.8. The Morgan fingerprint density at radius 3 is 1.42 bits per heavy atom. The van der Waals surface area contributed by atoms with Crippen LogP contribution in [0.25, 0.3) is 0 Å². The van der Waals surface area contributed by atoms with E-state index < -0.39 is 0 Å². The van der Waals surface area contributed by atoms with Gasteiger partial charge in [0.2, 0.25) is 0 Å². The minimum Gasteiger partial charge on any atom is -0.507 e. The third kappa shape index (κ3) is 10.2. The topological polar surface area (TPSA) is 79.8 Å². The highest BCUT2D eigenvalue weighted by Crippen LogP contribution is 2.34. The van der Waals surface area contributed by atoms with E-state index in [4.69, 9.17) is 0 Å². The van der Waals surface area contributed by atoms with Gasteiger partial charge in [0.05, 0.1) is 0 Å². The van der Waals surface area contributed by atoms with Gasteiger partial charge in [-0.05, 0) is 45.8 Å². The van der Waals surface area contributed by atoms with Crippen LogP contribution in [0.15, 0.2) is 24.3 Å². The molecule has 0 aromatic heterocycles. The first kappa shape index (κ1) is 35.4. The summed E-state index contributed by atoms with van der Waals surface area (Å²) in [6.45, 7) is 31.6. The van der Waals surface area contributed by atoms with Crippen molar-refractivity contribution in [1.29, 1.82) is 0 Å². The molecular formula is C37H62N4O2. The summed E-state index contributed by atoms with van der Waals surface area (Å²) >= 11 is 0. The van der Waals surface area contributed by atoms with Gasteiger partial charge in [-0.1, -0.05) is 100 Å². The molecule has 43 heavy (non-hydrogen) atoms. The van der Waals surface area contributed by atoms with Gasteiger partial charge in [0, 0.05) is 74.6 Å². The normalized spacial score (nSPS) is 19.6. The second-order valence-corrected chi connectivity index (χ2v) is 16.6. The molecule has 0 fully saturated rings. The van der Waals surface area contributed by atoms with Crippen LogP contribution in [0.3, 0.4) is 0 Å². The molecule has 5 N–H and O–H groups in total. The monoisotopic (exact) mass is 594 g/mol. The highest BCUT2D eigenvalue weighted by Gasteiger charge is 2.26. The highest BCUT2D eigenvalue weighted by atomic mass is 16.3. The summed E-state index contributed by atoms with van der Waals surface area (Å²) in [7, 11) is 0. The van der Waals surface area contributed by atoms with Crippen molar-refractivity contribution in [3.8, 4) is 11.5 Å². The van der Waals surface area contributed by atoms with Crippen molar-refractivity contribution in [3.05, 3.63) is 57.6 Å². The van der Waals surface area contributed by atoms with E-state index in [1.807, 2.05) is 0 Å². The van der Waals surface area contributed by atoms with Crippen molar-refractivity contribution in [2.45, 2.75) is 120 Å². The average Bonchev–Trinajstić information content (AvgIpc) is 2.85. The first-order valence-corrected chi connectivity index (χ1v) is 16.4. The Hall–Kier alpha value is -2.12. The van der Waals surface area contributed by atoms with Gasteiger partial charge in [-0.25, -0.2) is 0 Å². The molecule has 0 unspecified atom stereocenters. The summed E-state index contributed by atoms with van der Waals surface area (Å²) in [6, 6.07) is 8.74. The van der Waals surface area contributed by atoms with Gasteiger partial charge in [0.25, 0.3) is 0 Å². The fraction of sp³-hybridized carbons (Fsp3) is 0.676. The number of fused-ring (bicyclic) bond motifs is 4. The number of hydrogen-bond acceptors (Lipinski definition) is 6. The predicted molar refractivity (Wildman–Crippen MR) is 182 cm³/mol. The Balaban J connectivity index is 1.99. The Bertz CT molecular complexity index is 1220. The predicted octanol–water partition coefficient (Wildman–Crippen LogP) is 6.94. The minimum absolute atomic E-state index is 0.00906. The molecule has 1 heterocycles. The number of nitrogens with zero attached hydrogens (tertiary/aromatic N) is 1. The average molecular weight is 595 g/mol. The molecule has 1 aliphatic heterocycles. The van der Waals surface area contributed by atoms with Crippen LogP contribution in [0.2, 0.25) is 0 Å². The van der Waals surface area contributed by atoms with Crippen molar-refractivity contribution in [3.63, 3.8) is 0 Å². The summed E-state index contributed by atoms with van der Waals surface area (Å²) in [5.74, 6) is 0.818. The van der Waals surface area contributed by atoms with Crippen LogP contribution >= 0.6 is 0 Å². The van der Waals surface area contributed by atoms with E-state index in [1.54, 1.807) is 0 Å². The Labute approximate surface area is 263 Å². The molecule has 0 amide bonds. The summed E-state index contributed by atoms with van der Waals surface area (Å²) in [4.78, 5) is 2.49. The second kappa shape index (κ2) is 13.9. The molecule has 242 valence electrons. The molecule has 6 heteroatoms. The summed E-state index contributed by atoms with van der Waals surface area (Å²) in [6.07, 6.45) is 1.05. The number of benzene rings is 2. The molecule has 0 radical (unpaired) electrons. The number of rotatable bonds is 2. The summed E-state index contributed by atoms with van der Waals surface area (Å²) in [5, 5.41) is 33.8. The maximum atomic E-state index is 11.5. The van der Waals surface area contributed by atoms with Crippen LogP contribution < -0.4 is 16.0 Å². The van der Waals surface area contributed by atoms with Crippen molar-refractivity contribution < 1.29 is 10.2 Å². The third-order valence-electron chi connectivity index (χ3n) is 8.61. The number of aromatic hydroxyl groups is 2. The Morgan fingerprint density at radius 2 is 1.02 bits per heavy atom. The van der Waals surface area contributed by atoms with Gasteiger partial charge in [-0.3, -0.25) is 4.90 Å². The van der Waals surface area contributed by atoms with Gasteiger partial charge in [-0.2, -0.15) is 0 Å². The van der Waals surface area contributed by atoms with Crippen molar-refractivity contribution in [2.75, 3.05) is 32.7 Å². The highest BCUT2D eigenvalue weighted by molar-refractivity contribution is 5.47. The molecular weight excluding hydrogens is 532 g/mol. The zero-order chi connectivity index (χ0) is 32.2. The van der Waals surface area contributed by atoms with Crippen molar-refractivity contribution >= 4 is 0 Å². The smallest absolute Gasteiger partial charge is 0.124 e. The lowest BCUT2D eigenvalue weighted by atomic mass is 9.84. The lowest BCUT2D eigenvalue weighted by Gasteiger charge is -2.34. The zero-order valence-corrected chi connectivity index (χ0v) is 29.2. The van der Waals surface area contributed by atoms with Gasteiger partial charge in [-0.15, -0.1) is 0 Å². The van der Waals surface area contributed by atoms with Crippen LogP contribution in [0.5, 0.6) is 11.5 Å². The van der Waals surface area contributed by atoms with Crippen LogP contribution in [0.1, 0.15) is 116 Å². The third-order valence-corrected chi connectivity index (χ3v) is 8.61. The van der Waals surface area contributed by atoms with Crippen molar-refractivity contribution in [1.82, 2.24) is 20.9 Å². The first-order valence-electron chi connectivity index (χ1n) is 16.4. The Morgan fingerprint density at radius 1 is 0.651 bits per heavy atom. The molecule has 1 aliphatic rings. The SMILES string of the molecule is CCCN1Cc2cc(C(C)(C)C)cc(c2O)CNCC(C)(C)CNCc2cc(C(C)(C)C)cc(c2O)CNCC(C)(C)C1. The van der Waals surface area contributed by atoms with Crippen LogP contribution in [0, 0.1) is 10.8 Å². The minimum atomic E-state index is -0.0218. The van der Waals surface area contributed by atoms with E-state index in [0.29, 0.717) is 37.7 Å². The largest absolute Gasteiger partial charge is 0.507 e.